The number of aromatic nitrogens is 1. The molecule has 2 heterocycles. The summed E-state index contributed by atoms with van der Waals surface area (Å²) < 4.78 is 39.5. The van der Waals surface area contributed by atoms with Gasteiger partial charge in [0.2, 0.25) is 0 Å². The van der Waals surface area contributed by atoms with Gasteiger partial charge in [0, 0.05) is 18.8 Å². The van der Waals surface area contributed by atoms with Crippen LogP contribution in [0.2, 0.25) is 0 Å². The molecule has 0 unspecified atom stereocenters. The van der Waals surface area contributed by atoms with E-state index in [1.165, 1.54) is 4.90 Å². The molecule has 7 heteroatoms. The molecule has 0 bridgehead atoms. The van der Waals surface area contributed by atoms with Gasteiger partial charge in [-0.05, 0) is 37.8 Å². The normalized spacial score (nSPS) is 18.1. The summed E-state index contributed by atoms with van der Waals surface area (Å²) in [6.07, 6.45) is -5.03. The number of aliphatic hydroxyl groups excluding tert-OH is 1. The molecule has 1 fully saturated rings. The van der Waals surface area contributed by atoms with Crippen molar-refractivity contribution < 1.29 is 23.1 Å². The van der Waals surface area contributed by atoms with Crippen molar-refractivity contribution in [3.8, 4) is 0 Å². The minimum absolute atomic E-state index is 0.0235. The number of pyridine rings is 1. The SMILES string of the molecule is Cc1nc(C(C)C)ccc1C(=O)N1CCC(CO)(C(F)(F)F)CC1. The minimum atomic E-state index is -4.47. The van der Waals surface area contributed by atoms with Crippen LogP contribution in [-0.4, -0.2) is 46.8 Å². The molecule has 0 spiro atoms. The lowest BCUT2D eigenvalue weighted by atomic mass is 9.78. The second-order valence-electron chi connectivity index (χ2n) is 6.75. The van der Waals surface area contributed by atoms with Crippen LogP contribution in [0.3, 0.4) is 0 Å². The summed E-state index contributed by atoms with van der Waals surface area (Å²) >= 11 is 0. The van der Waals surface area contributed by atoms with E-state index >= 15 is 0 Å². The summed E-state index contributed by atoms with van der Waals surface area (Å²) in [4.78, 5) is 18.4. The van der Waals surface area contributed by atoms with Crippen molar-refractivity contribution in [2.75, 3.05) is 19.7 Å². The summed E-state index contributed by atoms with van der Waals surface area (Å²) in [5.41, 5.74) is -0.221. The Balaban J connectivity index is 2.13. The third-order valence-corrected chi connectivity index (χ3v) is 4.84. The van der Waals surface area contributed by atoms with Crippen LogP contribution in [0.25, 0.3) is 0 Å². The van der Waals surface area contributed by atoms with E-state index in [9.17, 15) is 23.1 Å². The molecule has 0 aromatic carbocycles. The molecule has 1 aromatic heterocycles. The molecule has 0 aliphatic carbocycles. The lowest BCUT2D eigenvalue weighted by Gasteiger charge is -2.41. The number of halogens is 3. The Morgan fingerprint density at radius 1 is 1.33 bits per heavy atom. The van der Waals surface area contributed by atoms with Crippen molar-refractivity contribution in [2.24, 2.45) is 5.41 Å². The van der Waals surface area contributed by atoms with Crippen molar-refractivity contribution in [1.82, 2.24) is 9.88 Å². The zero-order valence-electron chi connectivity index (χ0n) is 14.2. The number of likely N-dealkylation sites (tertiary alicyclic amines) is 1. The molecule has 1 N–H and O–H groups in total. The van der Waals surface area contributed by atoms with Crippen LogP contribution >= 0.6 is 0 Å². The predicted octanol–water partition coefficient (Wildman–Crippen LogP) is 3.29. The number of aliphatic hydroxyl groups is 1. The zero-order chi connectivity index (χ0) is 18.1. The largest absolute Gasteiger partial charge is 0.396 e. The molecular formula is C17H23F3N2O2. The molecule has 134 valence electrons. The smallest absolute Gasteiger partial charge is 0.395 e. The van der Waals surface area contributed by atoms with Gasteiger partial charge in [-0.25, -0.2) is 0 Å². The first-order chi connectivity index (χ1) is 11.1. The number of hydrogen-bond acceptors (Lipinski definition) is 3. The van der Waals surface area contributed by atoms with Gasteiger partial charge in [0.1, 0.15) is 0 Å². The molecular weight excluding hydrogens is 321 g/mol. The maximum absolute atomic E-state index is 13.2. The van der Waals surface area contributed by atoms with E-state index in [0.717, 1.165) is 5.69 Å². The van der Waals surface area contributed by atoms with Crippen LogP contribution in [0.5, 0.6) is 0 Å². The van der Waals surface area contributed by atoms with E-state index in [0.29, 0.717) is 11.3 Å². The number of amides is 1. The average molecular weight is 344 g/mol. The van der Waals surface area contributed by atoms with E-state index < -0.39 is 18.2 Å². The lowest BCUT2D eigenvalue weighted by Crippen LogP contribution is -2.51. The summed E-state index contributed by atoms with van der Waals surface area (Å²) in [5.74, 6) is -0.0659. The van der Waals surface area contributed by atoms with Gasteiger partial charge in [-0.1, -0.05) is 13.8 Å². The first-order valence-electron chi connectivity index (χ1n) is 8.06. The van der Waals surface area contributed by atoms with Gasteiger partial charge in [0.25, 0.3) is 5.91 Å². The van der Waals surface area contributed by atoms with E-state index in [1.54, 1.807) is 19.1 Å². The van der Waals surface area contributed by atoms with Gasteiger partial charge < -0.3 is 10.0 Å². The third-order valence-electron chi connectivity index (χ3n) is 4.84. The summed E-state index contributed by atoms with van der Waals surface area (Å²) in [6, 6.07) is 3.47. The second kappa shape index (κ2) is 6.70. The van der Waals surface area contributed by atoms with Crippen molar-refractivity contribution in [3.63, 3.8) is 0 Å². The monoisotopic (exact) mass is 344 g/mol. The number of piperidine rings is 1. The highest BCUT2D eigenvalue weighted by molar-refractivity contribution is 5.95. The molecule has 0 atom stereocenters. The van der Waals surface area contributed by atoms with E-state index in [4.69, 9.17) is 0 Å². The number of hydrogen-bond donors (Lipinski definition) is 1. The Bertz CT molecular complexity index is 606. The highest BCUT2D eigenvalue weighted by Crippen LogP contribution is 2.46. The molecule has 24 heavy (non-hydrogen) atoms. The van der Waals surface area contributed by atoms with Crippen molar-refractivity contribution >= 4 is 5.91 Å². The third kappa shape index (κ3) is 3.41. The van der Waals surface area contributed by atoms with E-state index in [-0.39, 0.29) is 37.8 Å². The number of alkyl halides is 3. The van der Waals surface area contributed by atoms with Crippen LogP contribution in [0.15, 0.2) is 12.1 Å². The van der Waals surface area contributed by atoms with E-state index in [1.807, 2.05) is 13.8 Å². The summed E-state index contributed by atoms with van der Waals surface area (Å²) in [5, 5.41) is 9.21. The number of nitrogens with zero attached hydrogens (tertiary/aromatic N) is 2. The highest BCUT2D eigenvalue weighted by atomic mass is 19.4. The van der Waals surface area contributed by atoms with Gasteiger partial charge in [0.15, 0.2) is 0 Å². The molecule has 1 aromatic rings. The van der Waals surface area contributed by atoms with Crippen LogP contribution in [0, 0.1) is 12.3 Å². The molecule has 2 rings (SSSR count). The molecule has 0 radical (unpaired) electrons. The Morgan fingerprint density at radius 2 is 1.92 bits per heavy atom. The Kier molecular flexibility index (Phi) is 5.22. The van der Waals surface area contributed by atoms with Crippen LogP contribution in [0.1, 0.15) is 54.4 Å². The second-order valence-corrected chi connectivity index (χ2v) is 6.75. The zero-order valence-corrected chi connectivity index (χ0v) is 14.2. The van der Waals surface area contributed by atoms with Gasteiger partial charge >= 0.3 is 6.18 Å². The van der Waals surface area contributed by atoms with E-state index in [2.05, 4.69) is 4.98 Å². The summed E-state index contributed by atoms with van der Waals surface area (Å²) in [7, 11) is 0. The standard InChI is InChI=1S/C17H23F3N2O2/c1-11(2)14-5-4-13(12(3)21-14)15(24)22-8-6-16(10-23,7-9-22)17(18,19)20/h4-5,11,23H,6-10H2,1-3H3. The van der Waals surface area contributed by atoms with Gasteiger partial charge in [-0.15, -0.1) is 0 Å². The average Bonchev–Trinajstić information content (AvgIpc) is 2.53. The molecule has 1 aliphatic rings. The fourth-order valence-electron chi connectivity index (χ4n) is 2.97. The van der Waals surface area contributed by atoms with Gasteiger partial charge in [-0.3, -0.25) is 9.78 Å². The van der Waals surface area contributed by atoms with Gasteiger partial charge in [-0.2, -0.15) is 13.2 Å². The fraction of sp³-hybridized carbons (Fsp3) is 0.647. The van der Waals surface area contributed by atoms with Crippen molar-refractivity contribution in [3.05, 3.63) is 29.1 Å². The molecule has 1 saturated heterocycles. The van der Waals surface area contributed by atoms with Crippen LogP contribution < -0.4 is 0 Å². The number of aryl methyl sites for hydroxylation is 1. The number of carbonyl (C=O) groups is 1. The predicted molar refractivity (Wildman–Crippen MR) is 83.8 cm³/mol. The Hall–Kier alpha value is -1.63. The molecule has 0 saturated carbocycles. The number of carbonyl (C=O) groups excluding carboxylic acids is 1. The maximum atomic E-state index is 13.2. The molecule has 1 amide bonds. The fourth-order valence-corrected chi connectivity index (χ4v) is 2.97. The summed E-state index contributed by atoms with van der Waals surface area (Å²) in [6.45, 7) is 4.74. The van der Waals surface area contributed by atoms with Crippen molar-refractivity contribution in [1.29, 1.82) is 0 Å². The Labute approximate surface area is 139 Å². The first-order valence-corrected chi connectivity index (χ1v) is 8.06. The minimum Gasteiger partial charge on any atom is -0.395 e. The van der Waals surface area contributed by atoms with Gasteiger partial charge in [0.05, 0.1) is 23.3 Å². The quantitative estimate of drug-likeness (QED) is 0.915. The molecule has 4 nitrogen and oxygen atoms in total. The maximum Gasteiger partial charge on any atom is 0.396 e. The number of rotatable bonds is 3. The Morgan fingerprint density at radius 3 is 2.33 bits per heavy atom. The van der Waals surface area contributed by atoms with Crippen LogP contribution in [-0.2, 0) is 0 Å². The molecule has 1 aliphatic heterocycles. The van der Waals surface area contributed by atoms with Crippen molar-refractivity contribution in [2.45, 2.75) is 45.7 Å². The highest BCUT2D eigenvalue weighted by Gasteiger charge is 2.55. The first kappa shape index (κ1) is 18.7. The lowest BCUT2D eigenvalue weighted by molar-refractivity contribution is -0.247. The van der Waals surface area contributed by atoms with Crippen LogP contribution in [0.4, 0.5) is 13.2 Å². The topological polar surface area (TPSA) is 53.4 Å².